The lowest BCUT2D eigenvalue weighted by Gasteiger charge is -2.19. The van der Waals surface area contributed by atoms with Crippen molar-refractivity contribution in [3.63, 3.8) is 0 Å². The molecule has 28 heavy (non-hydrogen) atoms. The fourth-order valence-electron chi connectivity index (χ4n) is 3.79. The second-order valence-electron chi connectivity index (χ2n) is 6.84. The van der Waals surface area contributed by atoms with Gasteiger partial charge in [-0.3, -0.25) is 4.79 Å². The quantitative estimate of drug-likeness (QED) is 0.535. The largest absolute Gasteiger partial charge is 0.480 e. The first-order valence-corrected chi connectivity index (χ1v) is 10.1. The van der Waals surface area contributed by atoms with Gasteiger partial charge in [-0.2, -0.15) is 0 Å². The molecule has 0 saturated heterocycles. The molecule has 0 unspecified atom stereocenters. The highest BCUT2D eigenvalue weighted by molar-refractivity contribution is 14.1. The van der Waals surface area contributed by atoms with Gasteiger partial charge in [-0.15, -0.1) is 0 Å². The van der Waals surface area contributed by atoms with Crippen LogP contribution >= 0.6 is 22.6 Å². The lowest BCUT2D eigenvalue weighted by molar-refractivity contribution is -0.141. The van der Waals surface area contributed by atoms with E-state index in [0.717, 1.165) is 31.4 Å². The smallest absolute Gasteiger partial charge is 0.326 e. The predicted molar refractivity (Wildman–Crippen MR) is 116 cm³/mol. The number of fused-ring (bicyclic) bond motifs is 3. The van der Waals surface area contributed by atoms with Crippen LogP contribution in [0.4, 0.5) is 0 Å². The average Bonchev–Trinajstić information content (AvgIpc) is 3.02. The average molecular weight is 483 g/mol. The molecule has 0 bridgehead atoms. The molecule has 0 aromatic heterocycles. The van der Waals surface area contributed by atoms with Crippen molar-refractivity contribution in [2.24, 2.45) is 0 Å². The molecule has 1 aliphatic carbocycles. The summed E-state index contributed by atoms with van der Waals surface area (Å²) < 4.78 is 1.03. The summed E-state index contributed by atoms with van der Waals surface area (Å²) in [4.78, 5) is 25.0. The normalized spacial score (nSPS) is 13.5. The minimum absolute atomic E-state index is 0.244. The molecule has 1 amide bonds. The van der Waals surface area contributed by atoms with Crippen molar-refractivity contribution in [2.75, 3.05) is 0 Å². The van der Waals surface area contributed by atoms with E-state index in [9.17, 15) is 14.7 Å². The zero-order valence-corrected chi connectivity index (χ0v) is 17.1. The number of amides is 1. The Hall–Kier alpha value is -2.67. The molecule has 1 aliphatic rings. The van der Waals surface area contributed by atoms with E-state index < -0.39 is 17.9 Å². The topological polar surface area (TPSA) is 66.4 Å². The summed E-state index contributed by atoms with van der Waals surface area (Å²) in [6.07, 6.45) is 0.244. The molecule has 0 spiro atoms. The molecule has 0 fully saturated rings. The molecule has 1 atom stereocenters. The van der Waals surface area contributed by atoms with E-state index in [0.29, 0.717) is 0 Å². The van der Waals surface area contributed by atoms with Gasteiger partial charge in [0.1, 0.15) is 6.04 Å². The van der Waals surface area contributed by atoms with Gasteiger partial charge in [-0.05, 0) is 62.5 Å². The van der Waals surface area contributed by atoms with E-state index in [-0.39, 0.29) is 12.3 Å². The molecule has 3 aromatic rings. The summed E-state index contributed by atoms with van der Waals surface area (Å²) >= 11 is 2.19. The van der Waals surface area contributed by atoms with Crippen LogP contribution in [0.1, 0.15) is 22.6 Å². The third-order valence-corrected chi connectivity index (χ3v) is 5.71. The number of carboxylic acid groups (broad SMARTS) is 1. The summed E-state index contributed by atoms with van der Waals surface area (Å²) in [5, 5.41) is 12.4. The van der Waals surface area contributed by atoms with E-state index >= 15 is 0 Å². The van der Waals surface area contributed by atoms with Crippen LogP contribution in [-0.4, -0.2) is 23.0 Å². The van der Waals surface area contributed by atoms with E-state index in [1.54, 1.807) is 0 Å². The van der Waals surface area contributed by atoms with Gasteiger partial charge in [0, 0.05) is 9.99 Å². The van der Waals surface area contributed by atoms with Crippen molar-refractivity contribution in [2.45, 2.75) is 18.4 Å². The summed E-state index contributed by atoms with van der Waals surface area (Å²) in [6, 6.07) is 22.3. The lowest BCUT2D eigenvalue weighted by atomic mass is 9.95. The molecule has 0 saturated carbocycles. The zero-order valence-electron chi connectivity index (χ0n) is 14.9. The fourth-order valence-corrected chi connectivity index (χ4v) is 4.40. The number of hydrogen-bond donors (Lipinski definition) is 2. The molecule has 0 heterocycles. The first kappa shape index (κ1) is 18.7. The zero-order chi connectivity index (χ0) is 19.7. The van der Waals surface area contributed by atoms with Crippen LogP contribution < -0.4 is 5.32 Å². The lowest BCUT2D eigenvalue weighted by Crippen LogP contribution is -2.44. The molecule has 5 heteroatoms. The van der Waals surface area contributed by atoms with E-state index in [1.807, 2.05) is 72.8 Å². The maximum atomic E-state index is 13.2. The summed E-state index contributed by atoms with van der Waals surface area (Å²) in [5.41, 5.74) is 4.77. The number of carboxylic acids is 1. The van der Waals surface area contributed by atoms with Crippen LogP contribution in [-0.2, 0) is 16.0 Å². The molecule has 4 nitrogen and oxygen atoms in total. The number of benzene rings is 3. The fraction of sp³-hybridized carbons (Fsp3) is 0.130. The highest BCUT2D eigenvalue weighted by Crippen LogP contribution is 2.44. The SMILES string of the molecule is O=C(N[C@H](Cc1cccc(I)c1)C(=O)O)C1c2ccccc2-c2ccccc21. The number of halogens is 1. The minimum atomic E-state index is -1.04. The maximum Gasteiger partial charge on any atom is 0.326 e. The molecular weight excluding hydrogens is 465 g/mol. The molecule has 0 aliphatic heterocycles. The van der Waals surface area contributed by atoms with Crippen LogP contribution in [0.15, 0.2) is 72.8 Å². The molecule has 3 aromatic carbocycles. The Kier molecular flexibility index (Phi) is 5.17. The number of carbonyl (C=O) groups excluding carboxylic acids is 1. The number of rotatable bonds is 5. The van der Waals surface area contributed by atoms with Gasteiger partial charge < -0.3 is 10.4 Å². The van der Waals surface area contributed by atoms with Crippen molar-refractivity contribution in [1.29, 1.82) is 0 Å². The maximum absolute atomic E-state index is 13.2. The van der Waals surface area contributed by atoms with Crippen molar-refractivity contribution in [3.05, 3.63) is 93.1 Å². The second-order valence-corrected chi connectivity index (χ2v) is 8.09. The Labute approximate surface area is 176 Å². The first-order chi connectivity index (χ1) is 13.5. The van der Waals surface area contributed by atoms with Crippen LogP contribution in [0.25, 0.3) is 11.1 Å². The molecule has 2 N–H and O–H groups in total. The standard InChI is InChI=1S/C23H18INO3/c24-15-7-5-6-14(12-15)13-20(23(27)28)25-22(26)21-18-10-3-1-8-16(18)17-9-2-4-11-19(17)21/h1-12,20-21H,13H2,(H,25,26)(H,27,28)/t20-/m1/s1. The molecular formula is C23H18INO3. The molecule has 4 rings (SSSR count). The molecule has 140 valence electrons. The third-order valence-electron chi connectivity index (χ3n) is 5.04. The van der Waals surface area contributed by atoms with Gasteiger partial charge in [-0.1, -0.05) is 60.7 Å². The highest BCUT2D eigenvalue weighted by atomic mass is 127. The Morgan fingerprint density at radius 3 is 2.11 bits per heavy atom. The van der Waals surface area contributed by atoms with E-state index in [2.05, 4.69) is 27.9 Å². The van der Waals surface area contributed by atoms with Gasteiger partial charge in [0.05, 0.1) is 5.92 Å². The van der Waals surface area contributed by atoms with Crippen molar-refractivity contribution in [1.82, 2.24) is 5.32 Å². The Bertz CT molecular complexity index is 1020. The van der Waals surface area contributed by atoms with Crippen LogP contribution in [0.5, 0.6) is 0 Å². The van der Waals surface area contributed by atoms with Gasteiger partial charge in [0.25, 0.3) is 0 Å². The first-order valence-electron chi connectivity index (χ1n) is 9.00. The Morgan fingerprint density at radius 1 is 0.929 bits per heavy atom. The van der Waals surface area contributed by atoms with Gasteiger partial charge in [0.15, 0.2) is 0 Å². The van der Waals surface area contributed by atoms with E-state index in [4.69, 9.17) is 0 Å². The van der Waals surface area contributed by atoms with Gasteiger partial charge >= 0.3 is 5.97 Å². The van der Waals surface area contributed by atoms with Crippen LogP contribution in [0.2, 0.25) is 0 Å². The monoisotopic (exact) mass is 483 g/mol. The Morgan fingerprint density at radius 2 is 1.54 bits per heavy atom. The van der Waals surface area contributed by atoms with Crippen molar-refractivity contribution < 1.29 is 14.7 Å². The van der Waals surface area contributed by atoms with Gasteiger partial charge in [-0.25, -0.2) is 4.79 Å². The van der Waals surface area contributed by atoms with Gasteiger partial charge in [0.2, 0.25) is 5.91 Å². The summed E-state index contributed by atoms with van der Waals surface area (Å²) in [6.45, 7) is 0. The second kappa shape index (κ2) is 7.75. The third kappa shape index (κ3) is 3.54. The highest BCUT2D eigenvalue weighted by Gasteiger charge is 2.35. The minimum Gasteiger partial charge on any atom is -0.480 e. The van der Waals surface area contributed by atoms with Crippen LogP contribution in [0.3, 0.4) is 0 Å². The summed E-state index contributed by atoms with van der Waals surface area (Å²) in [7, 11) is 0. The number of hydrogen-bond acceptors (Lipinski definition) is 2. The van der Waals surface area contributed by atoms with Crippen molar-refractivity contribution >= 4 is 34.5 Å². The Balaban J connectivity index is 1.62. The van der Waals surface area contributed by atoms with Crippen molar-refractivity contribution in [3.8, 4) is 11.1 Å². The van der Waals surface area contributed by atoms with Crippen LogP contribution in [0, 0.1) is 3.57 Å². The van der Waals surface area contributed by atoms with E-state index in [1.165, 1.54) is 0 Å². The summed E-state index contributed by atoms with van der Waals surface area (Å²) in [5.74, 6) is -1.81. The molecule has 0 radical (unpaired) electrons. The number of carbonyl (C=O) groups is 2. The predicted octanol–water partition coefficient (Wildman–Crippen LogP) is 4.22. The number of aliphatic carboxylic acids is 1. The number of nitrogens with one attached hydrogen (secondary N) is 1.